The van der Waals surface area contributed by atoms with Gasteiger partial charge in [-0.25, -0.2) is 4.39 Å². The number of nitrogens with one attached hydrogen (secondary N) is 2. The zero-order chi connectivity index (χ0) is 15.9. The lowest BCUT2D eigenvalue weighted by molar-refractivity contribution is -0.384. The van der Waals surface area contributed by atoms with Gasteiger partial charge in [0, 0.05) is 6.54 Å². The molecule has 2 rings (SSSR count). The molecule has 114 valence electrons. The van der Waals surface area contributed by atoms with E-state index in [1.165, 1.54) is 6.07 Å². The van der Waals surface area contributed by atoms with Gasteiger partial charge in [0.25, 0.3) is 5.69 Å². The van der Waals surface area contributed by atoms with Crippen molar-refractivity contribution in [1.82, 2.24) is 5.32 Å². The van der Waals surface area contributed by atoms with Crippen molar-refractivity contribution in [2.45, 2.75) is 6.42 Å². The Kier molecular flexibility index (Phi) is 5.37. The van der Waals surface area contributed by atoms with Crippen molar-refractivity contribution in [1.29, 1.82) is 0 Å². The molecule has 2 aromatic carbocycles. The van der Waals surface area contributed by atoms with Crippen molar-refractivity contribution in [2.75, 3.05) is 11.9 Å². The molecule has 0 atom stereocenters. The summed E-state index contributed by atoms with van der Waals surface area (Å²) in [6.07, 6.45) is 0.772. The largest absolute Gasteiger partial charge is 0.362 e. The first-order valence-corrected chi connectivity index (χ1v) is 7.00. The molecule has 0 aliphatic heterocycles. The summed E-state index contributed by atoms with van der Waals surface area (Å²) < 4.78 is 13.1. The van der Waals surface area contributed by atoms with Crippen LogP contribution in [0.25, 0.3) is 0 Å². The van der Waals surface area contributed by atoms with Crippen molar-refractivity contribution in [3.05, 3.63) is 70.0 Å². The number of nitro benzene ring substituents is 1. The van der Waals surface area contributed by atoms with Crippen LogP contribution in [0, 0.1) is 15.9 Å². The Morgan fingerprint density at radius 2 is 1.95 bits per heavy atom. The Labute approximate surface area is 132 Å². The predicted octanol–water partition coefficient (Wildman–Crippen LogP) is 3.26. The molecule has 0 bridgehead atoms. The van der Waals surface area contributed by atoms with E-state index in [-0.39, 0.29) is 16.5 Å². The number of benzene rings is 2. The molecule has 0 aromatic heterocycles. The summed E-state index contributed by atoms with van der Waals surface area (Å²) >= 11 is 5.09. The maximum atomic E-state index is 13.1. The monoisotopic (exact) mass is 319 g/mol. The molecular weight excluding hydrogens is 305 g/mol. The summed E-state index contributed by atoms with van der Waals surface area (Å²) in [4.78, 5) is 10.2. The van der Waals surface area contributed by atoms with E-state index < -0.39 is 10.7 Å². The Hall–Kier alpha value is -2.54. The van der Waals surface area contributed by atoms with E-state index in [2.05, 4.69) is 10.6 Å². The van der Waals surface area contributed by atoms with E-state index in [0.717, 1.165) is 24.1 Å². The number of nitrogens with zero attached hydrogens (tertiary/aromatic N) is 1. The lowest BCUT2D eigenvalue weighted by atomic mass is 10.1. The summed E-state index contributed by atoms with van der Waals surface area (Å²) in [7, 11) is 0. The minimum Gasteiger partial charge on any atom is -0.362 e. The fourth-order valence-corrected chi connectivity index (χ4v) is 2.11. The van der Waals surface area contributed by atoms with Gasteiger partial charge in [0.1, 0.15) is 11.5 Å². The van der Waals surface area contributed by atoms with Gasteiger partial charge in [-0.3, -0.25) is 10.1 Å². The molecule has 2 aromatic rings. The third kappa shape index (κ3) is 4.49. The molecule has 0 aliphatic carbocycles. The zero-order valence-electron chi connectivity index (χ0n) is 11.6. The number of anilines is 1. The number of hydrogen-bond acceptors (Lipinski definition) is 3. The van der Waals surface area contributed by atoms with E-state index in [1.54, 1.807) is 0 Å². The molecular formula is C15H14FN3O2S. The minimum atomic E-state index is -0.666. The van der Waals surface area contributed by atoms with Crippen molar-refractivity contribution in [3.63, 3.8) is 0 Å². The number of hydrogen-bond donors (Lipinski definition) is 2. The maximum absolute atomic E-state index is 13.1. The average molecular weight is 319 g/mol. The van der Waals surface area contributed by atoms with Gasteiger partial charge >= 0.3 is 0 Å². The molecule has 0 heterocycles. The van der Waals surface area contributed by atoms with Crippen LogP contribution in [0.5, 0.6) is 0 Å². The van der Waals surface area contributed by atoms with Crippen molar-refractivity contribution < 1.29 is 9.31 Å². The Morgan fingerprint density at radius 1 is 1.23 bits per heavy atom. The highest BCUT2D eigenvalue weighted by molar-refractivity contribution is 7.80. The molecule has 0 amide bonds. The lowest BCUT2D eigenvalue weighted by Crippen LogP contribution is -2.30. The molecule has 0 spiro atoms. The molecule has 0 radical (unpaired) electrons. The molecule has 7 heteroatoms. The van der Waals surface area contributed by atoms with Crippen LogP contribution >= 0.6 is 12.2 Å². The van der Waals surface area contributed by atoms with E-state index in [9.17, 15) is 14.5 Å². The molecule has 0 aliphatic rings. The summed E-state index contributed by atoms with van der Waals surface area (Å²) in [6, 6.07) is 13.1. The van der Waals surface area contributed by atoms with Crippen LogP contribution < -0.4 is 10.6 Å². The number of nitro groups is 1. The van der Waals surface area contributed by atoms with Gasteiger partial charge in [0.15, 0.2) is 5.11 Å². The molecule has 2 N–H and O–H groups in total. The van der Waals surface area contributed by atoms with Crippen LogP contribution in [0.2, 0.25) is 0 Å². The smallest absolute Gasteiger partial charge is 0.295 e. The van der Waals surface area contributed by atoms with Gasteiger partial charge in [-0.1, -0.05) is 30.3 Å². The highest BCUT2D eigenvalue weighted by Gasteiger charge is 2.15. The summed E-state index contributed by atoms with van der Waals surface area (Å²) in [5.41, 5.74) is 0.960. The van der Waals surface area contributed by atoms with Crippen LogP contribution in [-0.2, 0) is 6.42 Å². The zero-order valence-corrected chi connectivity index (χ0v) is 12.4. The first-order chi connectivity index (χ1) is 10.6. The van der Waals surface area contributed by atoms with Gasteiger partial charge in [0.2, 0.25) is 0 Å². The lowest BCUT2D eigenvalue weighted by Gasteiger charge is -2.10. The normalized spacial score (nSPS) is 10.0. The van der Waals surface area contributed by atoms with Gasteiger partial charge in [-0.2, -0.15) is 0 Å². The van der Waals surface area contributed by atoms with Crippen molar-refractivity contribution in [3.8, 4) is 0 Å². The molecule has 22 heavy (non-hydrogen) atoms. The van der Waals surface area contributed by atoms with Crippen LogP contribution in [0.15, 0.2) is 48.5 Å². The first kappa shape index (κ1) is 15.8. The topological polar surface area (TPSA) is 67.2 Å². The van der Waals surface area contributed by atoms with Gasteiger partial charge in [-0.05, 0) is 36.3 Å². The third-order valence-electron chi connectivity index (χ3n) is 2.95. The summed E-state index contributed by atoms with van der Waals surface area (Å²) in [5.74, 6) is -0.666. The van der Waals surface area contributed by atoms with Crippen LogP contribution in [0.1, 0.15) is 5.56 Å². The van der Waals surface area contributed by atoms with Crippen molar-refractivity contribution >= 4 is 28.7 Å². The Morgan fingerprint density at radius 3 is 2.64 bits per heavy atom. The first-order valence-electron chi connectivity index (χ1n) is 6.59. The van der Waals surface area contributed by atoms with E-state index in [1.807, 2.05) is 30.3 Å². The molecule has 0 fully saturated rings. The summed E-state index contributed by atoms with van der Waals surface area (Å²) in [6.45, 7) is 0.588. The fraction of sp³-hybridized carbons (Fsp3) is 0.133. The fourth-order valence-electron chi connectivity index (χ4n) is 1.89. The highest BCUT2D eigenvalue weighted by atomic mass is 32.1. The molecule has 5 nitrogen and oxygen atoms in total. The van der Waals surface area contributed by atoms with E-state index in [4.69, 9.17) is 12.2 Å². The van der Waals surface area contributed by atoms with E-state index in [0.29, 0.717) is 6.54 Å². The molecule has 0 saturated carbocycles. The Balaban J connectivity index is 1.91. The second-order valence-corrected chi connectivity index (χ2v) is 4.94. The van der Waals surface area contributed by atoms with Gasteiger partial charge < -0.3 is 10.6 Å². The second kappa shape index (κ2) is 7.46. The molecule has 0 unspecified atom stereocenters. The number of rotatable bonds is 5. The summed E-state index contributed by atoms with van der Waals surface area (Å²) in [5, 5.41) is 16.8. The van der Waals surface area contributed by atoms with Crippen LogP contribution in [-0.4, -0.2) is 16.6 Å². The van der Waals surface area contributed by atoms with Gasteiger partial charge in [0.05, 0.1) is 11.0 Å². The van der Waals surface area contributed by atoms with Crippen LogP contribution in [0.3, 0.4) is 0 Å². The van der Waals surface area contributed by atoms with E-state index >= 15 is 0 Å². The SMILES string of the molecule is O=[N+]([O-])c1cc(F)ccc1NC(=S)NCCc1ccccc1. The molecule has 0 saturated heterocycles. The number of halogens is 1. The van der Waals surface area contributed by atoms with Gasteiger partial charge in [-0.15, -0.1) is 0 Å². The number of thiocarbonyl (C=S) groups is 1. The second-order valence-electron chi connectivity index (χ2n) is 4.54. The standard InChI is InChI=1S/C15H14FN3O2S/c16-12-6-7-13(14(10-12)19(20)21)18-15(22)17-9-8-11-4-2-1-3-5-11/h1-7,10H,8-9H2,(H2,17,18,22). The highest BCUT2D eigenvalue weighted by Crippen LogP contribution is 2.24. The minimum absolute atomic E-state index is 0.156. The average Bonchev–Trinajstić information content (AvgIpc) is 2.50. The Bertz CT molecular complexity index is 680. The predicted molar refractivity (Wildman–Crippen MR) is 87.4 cm³/mol. The maximum Gasteiger partial charge on any atom is 0.295 e. The quantitative estimate of drug-likeness (QED) is 0.503. The van der Waals surface area contributed by atoms with Crippen LogP contribution in [0.4, 0.5) is 15.8 Å². The van der Waals surface area contributed by atoms with Crippen molar-refractivity contribution in [2.24, 2.45) is 0 Å². The third-order valence-corrected chi connectivity index (χ3v) is 3.19.